The Labute approximate surface area is 77.4 Å². The van der Waals surface area contributed by atoms with E-state index in [1.165, 1.54) is 0 Å². The minimum absolute atomic E-state index is 0. The summed E-state index contributed by atoms with van der Waals surface area (Å²) in [6.07, 6.45) is 0. The van der Waals surface area contributed by atoms with Gasteiger partial charge in [-0.3, -0.25) is 0 Å². The van der Waals surface area contributed by atoms with Gasteiger partial charge in [-0.15, -0.1) is 0 Å². The standard InChI is InChI=1S/Al.FH.K.H2O/h;1H;;1H2/q+3;;+1;/p-2. The van der Waals surface area contributed by atoms with Crippen molar-refractivity contribution < 1.29 is 61.6 Å². The predicted octanol–water partition coefficient (Wildman–Crippen LogP) is -6.55. The SMILES string of the molecule is [Al+3].[F-].[K+].[OH-]. The summed E-state index contributed by atoms with van der Waals surface area (Å²) in [4.78, 5) is 0. The van der Waals surface area contributed by atoms with Crippen LogP contribution in [0.25, 0.3) is 0 Å². The molecular formula is HAlFKO+2. The van der Waals surface area contributed by atoms with Gasteiger partial charge in [0, 0.05) is 0 Å². The Kier molecular flexibility index (Phi) is 180. The third kappa shape index (κ3) is 8.96. The molecule has 0 aromatic carbocycles. The minimum atomic E-state index is 0. The first-order valence-corrected chi connectivity index (χ1v) is 0. The maximum atomic E-state index is 0. The largest absolute Gasteiger partial charge is 3.00 e. The molecule has 0 spiro atoms. The zero-order valence-corrected chi connectivity index (χ0v) is 6.68. The third-order valence-electron chi connectivity index (χ3n) is 0. The van der Waals surface area contributed by atoms with Crippen molar-refractivity contribution in [1.29, 1.82) is 0 Å². The zero-order valence-electron chi connectivity index (χ0n) is 2.40. The van der Waals surface area contributed by atoms with Gasteiger partial charge in [-0.25, -0.2) is 0 Å². The van der Waals surface area contributed by atoms with Crippen molar-refractivity contribution in [2.24, 2.45) is 0 Å². The summed E-state index contributed by atoms with van der Waals surface area (Å²) >= 11 is 0. The van der Waals surface area contributed by atoms with Crippen LogP contribution < -0.4 is 56.1 Å². The molecule has 16 valence electrons. The van der Waals surface area contributed by atoms with Crippen LogP contribution in [0.5, 0.6) is 0 Å². The van der Waals surface area contributed by atoms with Gasteiger partial charge in [0.15, 0.2) is 0 Å². The average molecular weight is 102 g/mol. The Balaban J connectivity index is 0. The molecule has 0 saturated heterocycles. The molecule has 0 saturated carbocycles. The minimum Gasteiger partial charge on any atom is -1.00 e. The summed E-state index contributed by atoms with van der Waals surface area (Å²) in [5, 5.41) is 0. The van der Waals surface area contributed by atoms with Crippen molar-refractivity contribution in [3.8, 4) is 0 Å². The number of hydrogen-bond acceptors (Lipinski definition) is 1. The van der Waals surface area contributed by atoms with Gasteiger partial charge in [0.05, 0.1) is 0 Å². The first-order chi connectivity index (χ1) is 0. The molecule has 0 amide bonds. The van der Waals surface area contributed by atoms with Crippen LogP contribution in [0.15, 0.2) is 0 Å². The normalized spacial score (nSPS) is 0. The third-order valence-corrected chi connectivity index (χ3v) is 0. The fourth-order valence-electron chi connectivity index (χ4n) is 0. The summed E-state index contributed by atoms with van der Waals surface area (Å²) in [7, 11) is 0. The molecule has 0 aromatic rings. The van der Waals surface area contributed by atoms with Crippen LogP contribution in [-0.4, -0.2) is 22.8 Å². The van der Waals surface area contributed by atoms with Gasteiger partial charge < -0.3 is 10.2 Å². The molecule has 0 aromatic heterocycles. The van der Waals surface area contributed by atoms with E-state index >= 15 is 0 Å². The first-order valence-electron chi connectivity index (χ1n) is 0. The summed E-state index contributed by atoms with van der Waals surface area (Å²) in [5.74, 6) is 0. The summed E-state index contributed by atoms with van der Waals surface area (Å²) < 4.78 is 0. The number of hydrogen-bond donors (Lipinski definition) is 0. The van der Waals surface area contributed by atoms with Crippen LogP contribution in [0.2, 0.25) is 0 Å². The second-order valence-corrected chi connectivity index (χ2v) is 0. The van der Waals surface area contributed by atoms with E-state index in [1.807, 2.05) is 0 Å². The molecule has 0 heterocycles. The summed E-state index contributed by atoms with van der Waals surface area (Å²) in [6, 6.07) is 0. The summed E-state index contributed by atoms with van der Waals surface area (Å²) in [5.41, 5.74) is 0. The van der Waals surface area contributed by atoms with Crippen LogP contribution in [-0.2, 0) is 0 Å². The number of halogens is 1. The van der Waals surface area contributed by atoms with E-state index in [2.05, 4.69) is 0 Å². The molecule has 0 unspecified atom stereocenters. The molecule has 0 aliphatic rings. The van der Waals surface area contributed by atoms with Crippen molar-refractivity contribution >= 4 is 17.4 Å². The fourth-order valence-corrected chi connectivity index (χ4v) is 0. The van der Waals surface area contributed by atoms with E-state index in [4.69, 9.17) is 0 Å². The molecule has 0 aliphatic carbocycles. The van der Waals surface area contributed by atoms with E-state index in [9.17, 15) is 0 Å². The maximum Gasteiger partial charge on any atom is 3.00 e. The molecular weight excluding hydrogens is 101 g/mol. The molecule has 0 rings (SSSR count). The molecule has 0 atom stereocenters. The molecule has 0 radical (unpaired) electrons. The van der Waals surface area contributed by atoms with Crippen LogP contribution in [0.3, 0.4) is 0 Å². The Morgan fingerprint density at radius 1 is 1.00 bits per heavy atom. The van der Waals surface area contributed by atoms with E-state index in [1.54, 1.807) is 0 Å². The molecule has 0 fully saturated rings. The van der Waals surface area contributed by atoms with Gasteiger partial charge in [0.2, 0.25) is 0 Å². The molecule has 0 bridgehead atoms. The van der Waals surface area contributed by atoms with Gasteiger partial charge in [0.25, 0.3) is 0 Å². The first kappa shape index (κ1) is 36.6. The smallest absolute Gasteiger partial charge is 1.00 e. The second kappa shape index (κ2) is 19.7. The second-order valence-electron chi connectivity index (χ2n) is 0. The molecule has 1 nitrogen and oxygen atoms in total. The Morgan fingerprint density at radius 2 is 1.00 bits per heavy atom. The molecule has 1 N–H and O–H groups in total. The van der Waals surface area contributed by atoms with Crippen LogP contribution >= 0.6 is 0 Å². The zero-order chi connectivity index (χ0) is 0. The van der Waals surface area contributed by atoms with E-state index < -0.39 is 0 Å². The van der Waals surface area contributed by atoms with Crippen molar-refractivity contribution in [2.75, 3.05) is 0 Å². The fraction of sp³-hybridized carbons (Fsp3) is 0. The van der Waals surface area contributed by atoms with Crippen LogP contribution in [0.4, 0.5) is 0 Å². The van der Waals surface area contributed by atoms with Gasteiger partial charge in [-0.2, -0.15) is 0 Å². The monoisotopic (exact) mass is 102 g/mol. The number of rotatable bonds is 0. The molecule has 4 heteroatoms. The van der Waals surface area contributed by atoms with Gasteiger partial charge >= 0.3 is 68.7 Å². The Morgan fingerprint density at radius 3 is 1.00 bits per heavy atom. The van der Waals surface area contributed by atoms with Gasteiger partial charge in [-0.05, 0) is 0 Å². The van der Waals surface area contributed by atoms with Crippen molar-refractivity contribution in [1.82, 2.24) is 0 Å². The quantitative estimate of drug-likeness (QED) is 0.280. The van der Waals surface area contributed by atoms with E-state index in [0.717, 1.165) is 0 Å². The van der Waals surface area contributed by atoms with Gasteiger partial charge in [-0.1, -0.05) is 0 Å². The van der Waals surface area contributed by atoms with Crippen molar-refractivity contribution in [3.05, 3.63) is 0 Å². The van der Waals surface area contributed by atoms with Gasteiger partial charge in [0.1, 0.15) is 0 Å². The molecule has 0 aliphatic heterocycles. The van der Waals surface area contributed by atoms with Crippen LogP contribution in [0, 0.1) is 0 Å². The van der Waals surface area contributed by atoms with Crippen molar-refractivity contribution in [3.63, 3.8) is 0 Å². The van der Waals surface area contributed by atoms with E-state index in [-0.39, 0.29) is 78.9 Å². The molecule has 4 heavy (non-hydrogen) atoms. The average Bonchev–Trinajstić information content (AvgIpc) is 0. The summed E-state index contributed by atoms with van der Waals surface area (Å²) in [6.45, 7) is 0. The van der Waals surface area contributed by atoms with Crippen LogP contribution in [0.1, 0.15) is 0 Å². The Bertz CT molecular complexity index is 8.00. The van der Waals surface area contributed by atoms with E-state index in [0.29, 0.717) is 0 Å². The Hall–Kier alpha value is 2.06. The topological polar surface area (TPSA) is 30.0 Å². The van der Waals surface area contributed by atoms with Crippen molar-refractivity contribution in [2.45, 2.75) is 0 Å². The maximum absolute atomic E-state index is 0. The predicted molar refractivity (Wildman–Crippen MR) is 7.69 cm³/mol.